The molecule has 3 rings (SSSR count). The largest absolute Gasteiger partial charge is 0.371 e. The van der Waals surface area contributed by atoms with Crippen molar-refractivity contribution in [3.63, 3.8) is 0 Å². The van der Waals surface area contributed by atoms with E-state index in [4.69, 9.17) is 14.5 Å². The molecule has 0 aliphatic carbocycles. The molecule has 2 aliphatic heterocycles. The third-order valence-corrected chi connectivity index (χ3v) is 5.36. The molecule has 0 radical (unpaired) electrons. The molecule has 0 aromatic carbocycles. The SMILES string of the molecule is CC1(C)C[C@H](NCc2csc([C@H]3CCCO3)n2)C(C)(C)O1. The van der Waals surface area contributed by atoms with Gasteiger partial charge in [-0.1, -0.05) is 0 Å². The van der Waals surface area contributed by atoms with Crippen LogP contribution in [0.1, 0.15) is 63.8 Å². The minimum Gasteiger partial charge on any atom is -0.371 e. The predicted molar refractivity (Wildman–Crippen MR) is 84.5 cm³/mol. The summed E-state index contributed by atoms with van der Waals surface area (Å²) in [4.78, 5) is 4.73. The van der Waals surface area contributed by atoms with Gasteiger partial charge in [-0.3, -0.25) is 0 Å². The molecule has 2 aliphatic rings. The van der Waals surface area contributed by atoms with Gasteiger partial charge in [-0.25, -0.2) is 4.98 Å². The highest BCUT2D eigenvalue weighted by Crippen LogP contribution is 2.37. The predicted octanol–water partition coefficient (Wildman–Crippen LogP) is 3.43. The molecule has 2 fully saturated rings. The topological polar surface area (TPSA) is 43.4 Å². The lowest BCUT2D eigenvalue weighted by Crippen LogP contribution is -2.43. The van der Waals surface area contributed by atoms with E-state index in [0.717, 1.165) is 43.1 Å². The number of ether oxygens (including phenoxy) is 2. The third kappa shape index (κ3) is 3.47. The van der Waals surface area contributed by atoms with E-state index in [2.05, 4.69) is 38.4 Å². The Hall–Kier alpha value is -0.490. The smallest absolute Gasteiger partial charge is 0.122 e. The van der Waals surface area contributed by atoms with Crippen LogP contribution >= 0.6 is 11.3 Å². The molecule has 21 heavy (non-hydrogen) atoms. The van der Waals surface area contributed by atoms with E-state index >= 15 is 0 Å². The van der Waals surface area contributed by atoms with Crippen LogP contribution in [0.2, 0.25) is 0 Å². The average Bonchev–Trinajstić information content (AvgIpc) is 3.05. The van der Waals surface area contributed by atoms with E-state index in [0.29, 0.717) is 6.04 Å². The number of hydrogen-bond acceptors (Lipinski definition) is 5. The number of hydrogen-bond donors (Lipinski definition) is 1. The van der Waals surface area contributed by atoms with Gasteiger partial charge in [0, 0.05) is 24.6 Å². The van der Waals surface area contributed by atoms with Crippen molar-refractivity contribution in [2.24, 2.45) is 0 Å². The first kappa shape index (κ1) is 15.4. The van der Waals surface area contributed by atoms with Crippen LogP contribution in [-0.2, 0) is 16.0 Å². The van der Waals surface area contributed by atoms with Crippen molar-refractivity contribution in [2.45, 2.75) is 76.9 Å². The van der Waals surface area contributed by atoms with E-state index in [-0.39, 0.29) is 17.3 Å². The molecule has 0 bridgehead atoms. The molecule has 5 heteroatoms. The number of thiazole rings is 1. The molecule has 4 nitrogen and oxygen atoms in total. The Balaban J connectivity index is 1.58. The number of nitrogens with zero attached hydrogens (tertiary/aromatic N) is 1. The summed E-state index contributed by atoms with van der Waals surface area (Å²) in [5.41, 5.74) is 0.939. The summed E-state index contributed by atoms with van der Waals surface area (Å²) in [6.45, 7) is 10.3. The van der Waals surface area contributed by atoms with Gasteiger partial charge < -0.3 is 14.8 Å². The van der Waals surface area contributed by atoms with Crippen LogP contribution in [-0.4, -0.2) is 28.8 Å². The minimum absolute atomic E-state index is 0.0495. The van der Waals surface area contributed by atoms with Crippen LogP contribution in [0.3, 0.4) is 0 Å². The Morgan fingerprint density at radius 3 is 2.81 bits per heavy atom. The van der Waals surface area contributed by atoms with Gasteiger partial charge in [-0.15, -0.1) is 11.3 Å². The summed E-state index contributed by atoms with van der Waals surface area (Å²) in [6, 6.07) is 0.361. The molecule has 0 saturated carbocycles. The van der Waals surface area contributed by atoms with Gasteiger partial charge in [0.2, 0.25) is 0 Å². The lowest BCUT2D eigenvalue weighted by Gasteiger charge is -2.27. The van der Waals surface area contributed by atoms with E-state index in [1.807, 2.05) is 0 Å². The van der Waals surface area contributed by atoms with Crippen molar-refractivity contribution in [1.29, 1.82) is 0 Å². The van der Waals surface area contributed by atoms with E-state index < -0.39 is 0 Å². The Morgan fingerprint density at radius 2 is 2.19 bits per heavy atom. The second-order valence-electron chi connectivity index (χ2n) is 7.28. The lowest BCUT2D eigenvalue weighted by atomic mass is 9.94. The fourth-order valence-electron chi connectivity index (χ4n) is 3.43. The highest BCUT2D eigenvalue weighted by atomic mass is 32.1. The molecular weight excluding hydrogens is 284 g/mol. The van der Waals surface area contributed by atoms with Crippen molar-refractivity contribution in [1.82, 2.24) is 10.3 Å². The quantitative estimate of drug-likeness (QED) is 0.925. The summed E-state index contributed by atoms with van der Waals surface area (Å²) in [7, 11) is 0. The molecule has 1 aromatic heterocycles. The summed E-state index contributed by atoms with van der Waals surface area (Å²) in [5.74, 6) is 0. The Kier molecular flexibility index (Phi) is 4.12. The molecule has 2 atom stereocenters. The minimum atomic E-state index is -0.128. The Labute approximate surface area is 131 Å². The maximum absolute atomic E-state index is 6.12. The molecule has 3 heterocycles. The fraction of sp³-hybridized carbons (Fsp3) is 0.812. The van der Waals surface area contributed by atoms with Gasteiger partial charge in [0.05, 0.1) is 16.9 Å². The number of aromatic nitrogens is 1. The van der Waals surface area contributed by atoms with Gasteiger partial charge in [0.15, 0.2) is 0 Å². The van der Waals surface area contributed by atoms with E-state index in [1.165, 1.54) is 0 Å². The number of rotatable bonds is 4. The van der Waals surface area contributed by atoms with Crippen LogP contribution in [0, 0.1) is 0 Å². The van der Waals surface area contributed by atoms with Crippen molar-refractivity contribution in [3.8, 4) is 0 Å². The summed E-state index contributed by atoms with van der Waals surface area (Å²) in [5, 5.41) is 6.91. The zero-order valence-corrected chi connectivity index (χ0v) is 14.3. The van der Waals surface area contributed by atoms with Crippen LogP contribution < -0.4 is 5.32 Å². The van der Waals surface area contributed by atoms with Gasteiger partial charge >= 0.3 is 0 Å². The first-order valence-corrected chi connectivity index (χ1v) is 8.73. The highest BCUT2D eigenvalue weighted by Gasteiger charge is 2.45. The zero-order chi connectivity index (χ0) is 15.1. The summed E-state index contributed by atoms with van der Waals surface area (Å²) >= 11 is 1.72. The van der Waals surface area contributed by atoms with Gasteiger partial charge in [0.25, 0.3) is 0 Å². The maximum Gasteiger partial charge on any atom is 0.122 e. The van der Waals surface area contributed by atoms with Crippen LogP contribution in [0.4, 0.5) is 0 Å². The first-order chi connectivity index (χ1) is 9.86. The summed E-state index contributed by atoms with van der Waals surface area (Å²) in [6.07, 6.45) is 3.52. The van der Waals surface area contributed by atoms with Gasteiger partial charge in [-0.2, -0.15) is 0 Å². The van der Waals surface area contributed by atoms with Gasteiger partial charge in [-0.05, 0) is 47.0 Å². The number of nitrogens with one attached hydrogen (secondary N) is 1. The molecule has 0 unspecified atom stereocenters. The molecule has 118 valence electrons. The van der Waals surface area contributed by atoms with Crippen molar-refractivity contribution < 1.29 is 9.47 Å². The lowest BCUT2D eigenvalue weighted by molar-refractivity contribution is -0.0699. The molecule has 1 N–H and O–H groups in total. The molecular formula is C16H26N2O2S. The van der Waals surface area contributed by atoms with E-state index in [9.17, 15) is 0 Å². The van der Waals surface area contributed by atoms with Gasteiger partial charge in [0.1, 0.15) is 11.1 Å². The maximum atomic E-state index is 6.12. The third-order valence-electron chi connectivity index (χ3n) is 4.38. The summed E-state index contributed by atoms with van der Waals surface area (Å²) < 4.78 is 11.8. The van der Waals surface area contributed by atoms with Crippen molar-refractivity contribution in [2.75, 3.05) is 6.61 Å². The monoisotopic (exact) mass is 310 g/mol. The average molecular weight is 310 g/mol. The fourth-order valence-corrected chi connectivity index (χ4v) is 4.33. The van der Waals surface area contributed by atoms with Crippen molar-refractivity contribution in [3.05, 3.63) is 16.1 Å². The highest BCUT2D eigenvalue weighted by molar-refractivity contribution is 7.09. The Bertz CT molecular complexity index is 492. The first-order valence-electron chi connectivity index (χ1n) is 7.85. The van der Waals surface area contributed by atoms with Crippen molar-refractivity contribution >= 4 is 11.3 Å². The second kappa shape index (κ2) is 5.61. The molecule has 2 saturated heterocycles. The van der Waals surface area contributed by atoms with Crippen LogP contribution in [0.5, 0.6) is 0 Å². The van der Waals surface area contributed by atoms with E-state index in [1.54, 1.807) is 11.3 Å². The molecule has 0 spiro atoms. The standard InChI is InChI=1S/C16H26N2O2S/c1-15(2)8-13(16(3,4)20-15)17-9-11-10-21-14(18-11)12-6-5-7-19-12/h10,12-13,17H,5-9H2,1-4H3/t12-,13+/m1/s1. The zero-order valence-electron chi connectivity index (χ0n) is 13.4. The molecule has 0 amide bonds. The Morgan fingerprint density at radius 1 is 1.38 bits per heavy atom. The second-order valence-corrected chi connectivity index (χ2v) is 8.17. The van der Waals surface area contributed by atoms with Crippen LogP contribution in [0.15, 0.2) is 5.38 Å². The molecule has 1 aromatic rings. The van der Waals surface area contributed by atoms with Crippen LogP contribution in [0.25, 0.3) is 0 Å². The normalized spacial score (nSPS) is 30.9.